The zero-order valence-electron chi connectivity index (χ0n) is 9.92. The van der Waals surface area contributed by atoms with E-state index in [9.17, 15) is 0 Å². The summed E-state index contributed by atoms with van der Waals surface area (Å²) in [6.45, 7) is 1.08. The van der Waals surface area contributed by atoms with E-state index in [1.54, 1.807) is 0 Å². The lowest BCUT2D eigenvalue weighted by Gasteiger charge is -2.29. The lowest BCUT2D eigenvalue weighted by Crippen LogP contribution is -2.38. The van der Waals surface area contributed by atoms with Gasteiger partial charge in [-0.15, -0.1) is 0 Å². The van der Waals surface area contributed by atoms with Gasteiger partial charge >= 0.3 is 0 Å². The largest absolute Gasteiger partial charge is 0.258 e. The van der Waals surface area contributed by atoms with Gasteiger partial charge in [0.05, 0.1) is 10.5 Å². The fraction of sp³-hybridized carbons (Fsp3) is 0.583. The molecule has 0 bridgehead atoms. The molecule has 1 fully saturated rings. The van der Waals surface area contributed by atoms with Crippen LogP contribution in [0.1, 0.15) is 37.3 Å². The third-order valence-corrected chi connectivity index (χ3v) is 4.38. The SMILES string of the molecule is CNN1CCCCC[C@@H]1c1cnc(Cl)c(Br)c1. The van der Waals surface area contributed by atoms with Crippen LogP contribution in [0.5, 0.6) is 0 Å². The van der Waals surface area contributed by atoms with Crippen molar-refractivity contribution in [1.82, 2.24) is 15.4 Å². The van der Waals surface area contributed by atoms with Gasteiger partial charge < -0.3 is 0 Å². The first kappa shape index (κ1) is 13.3. The second-order valence-corrected chi connectivity index (χ2v) is 5.54. The molecule has 1 aliphatic rings. The van der Waals surface area contributed by atoms with Crippen molar-refractivity contribution in [3.8, 4) is 0 Å². The third-order valence-electron chi connectivity index (χ3n) is 3.24. The van der Waals surface area contributed by atoms with Gasteiger partial charge in [-0.1, -0.05) is 24.4 Å². The molecule has 1 atom stereocenters. The second kappa shape index (κ2) is 6.14. The van der Waals surface area contributed by atoms with Crippen molar-refractivity contribution >= 4 is 27.5 Å². The Bertz CT molecular complexity index is 386. The average molecular weight is 319 g/mol. The molecule has 94 valence electrons. The van der Waals surface area contributed by atoms with E-state index in [4.69, 9.17) is 11.6 Å². The van der Waals surface area contributed by atoms with Crippen LogP contribution in [0.15, 0.2) is 16.7 Å². The second-order valence-electron chi connectivity index (χ2n) is 4.32. The van der Waals surface area contributed by atoms with Crippen LogP contribution in [0.2, 0.25) is 5.15 Å². The van der Waals surface area contributed by atoms with E-state index in [0.717, 1.165) is 17.4 Å². The van der Waals surface area contributed by atoms with E-state index in [0.29, 0.717) is 11.2 Å². The molecular formula is C12H17BrClN3. The first-order chi connectivity index (χ1) is 8.22. The van der Waals surface area contributed by atoms with Gasteiger partial charge in [0.1, 0.15) is 5.15 Å². The first-order valence-corrected chi connectivity index (χ1v) is 7.14. The van der Waals surface area contributed by atoms with Crippen molar-refractivity contribution in [2.24, 2.45) is 0 Å². The van der Waals surface area contributed by atoms with Gasteiger partial charge in [0.2, 0.25) is 0 Å². The molecule has 0 radical (unpaired) electrons. The van der Waals surface area contributed by atoms with Crippen molar-refractivity contribution in [2.75, 3.05) is 13.6 Å². The minimum Gasteiger partial charge on any atom is -0.258 e. The predicted molar refractivity (Wildman–Crippen MR) is 73.9 cm³/mol. The van der Waals surface area contributed by atoms with Gasteiger partial charge in [-0.25, -0.2) is 9.99 Å². The Hall–Kier alpha value is -0.160. The van der Waals surface area contributed by atoms with Gasteiger partial charge in [-0.2, -0.15) is 0 Å². The van der Waals surface area contributed by atoms with Gasteiger partial charge in [0.15, 0.2) is 0 Å². The van der Waals surface area contributed by atoms with Crippen LogP contribution in [0.3, 0.4) is 0 Å². The lowest BCUT2D eigenvalue weighted by molar-refractivity contribution is 0.142. The molecule has 17 heavy (non-hydrogen) atoms. The van der Waals surface area contributed by atoms with E-state index in [-0.39, 0.29) is 0 Å². The highest BCUT2D eigenvalue weighted by Gasteiger charge is 2.22. The standard InChI is InChI=1S/C12H17BrClN3/c1-15-17-6-4-2-3-5-11(17)9-7-10(13)12(14)16-8-9/h7-8,11,15H,2-6H2,1H3/t11-/m1/s1. The maximum atomic E-state index is 5.93. The van der Waals surface area contributed by atoms with E-state index in [1.807, 2.05) is 13.2 Å². The zero-order chi connectivity index (χ0) is 12.3. The Morgan fingerprint density at radius 2 is 2.29 bits per heavy atom. The van der Waals surface area contributed by atoms with Gasteiger partial charge in [0, 0.05) is 12.7 Å². The first-order valence-electron chi connectivity index (χ1n) is 5.97. The summed E-state index contributed by atoms with van der Waals surface area (Å²) in [4.78, 5) is 4.22. The predicted octanol–water partition coefficient (Wildman–Crippen LogP) is 3.55. The van der Waals surface area contributed by atoms with E-state index < -0.39 is 0 Å². The number of nitrogens with one attached hydrogen (secondary N) is 1. The smallest absolute Gasteiger partial charge is 0.143 e. The number of hydrazine groups is 1. The summed E-state index contributed by atoms with van der Waals surface area (Å²) < 4.78 is 0.872. The maximum Gasteiger partial charge on any atom is 0.143 e. The van der Waals surface area contributed by atoms with Gasteiger partial charge in [-0.05, 0) is 47.4 Å². The molecule has 1 aromatic heterocycles. The Labute approximate surface area is 116 Å². The molecule has 0 spiro atoms. The van der Waals surface area contributed by atoms with Gasteiger partial charge in [-0.3, -0.25) is 5.43 Å². The molecule has 0 amide bonds. The molecule has 0 saturated carbocycles. The number of aromatic nitrogens is 1. The third kappa shape index (κ3) is 3.19. The van der Waals surface area contributed by atoms with Gasteiger partial charge in [0.25, 0.3) is 0 Å². The summed E-state index contributed by atoms with van der Waals surface area (Å²) in [7, 11) is 1.98. The highest BCUT2D eigenvalue weighted by atomic mass is 79.9. The normalized spacial score (nSPS) is 22.4. The summed E-state index contributed by atoms with van der Waals surface area (Å²) in [5, 5.41) is 2.82. The van der Waals surface area contributed by atoms with Crippen molar-refractivity contribution in [1.29, 1.82) is 0 Å². The Morgan fingerprint density at radius 3 is 3.00 bits per heavy atom. The van der Waals surface area contributed by atoms with Crippen LogP contribution in [-0.2, 0) is 0 Å². The fourth-order valence-electron chi connectivity index (χ4n) is 2.34. The summed E-state index contributed by atoms with van der Waals surface area (Å²) in [6.07, 6.45) is 6.86. The van der Waals surface area contributed by atoms with Crippen LogP contribution < -0.4 is 5.43 Å². The lowest BCUT2D eigenvalue weighted by atomic mass is 10.0. The highest BCUT2D eigenvalue weighted by molar-refractivity contribution is 9.10. The molecule has 5 heteroatoms. The molecular weight excluding hydrogens is 302 g/mol. The quantitative estimate of drug-likeness (QED) is 0.845. The van der Waals surface area contributed by atoms with Crippen LogP contribution in [0.25, 0.3) is 0 Å². The van der Waals surface area contributed by atoms with Crippen molar-refractivity contribution in [3.63, 3.8) is 0 Å². The van der Waals surface area contributed by atoms with Crippen LogP contribution in [0, 0.1) is 0 Å². The van der Waals surface area contributed by atoms with E-state index >= 15 is 0 Å². The van der Waals surface area contributed by atoms with Crippen molar-refractivity contribution < 1.29 is 0 Å². The Balaban J connectivity index is 2.25. The van der Waals surface area contributed by atoms with Crippen LogP contribution in [-0.4, -0.2) is 23.6 Å². The minimum atomic E-state index is 0.392. The summed E-state index contributed by atoms with van der Waals surface area (Å²) in [5.74, 6) is 0. The summed E-state index contributed by atoms with van der Waals surface area (Å²) in [6, 6.07) is 2.47. The molecule has 0 aliphatic carbocycles. The van der Waals surface area contributed by atoms with E-state index in [2.05, 4.69) is 37.4 Å². The summed E-state index contributed by atoms with van der Waals surface area (Å²) >= 11 is 9.38. The monoisotopic (exact) mass is 317 g/mol. The minimum absolute atomic E-state index is 0.392. The number of nitrogens with zero attached hydrogens (tertiary/aromatic N) is 2. The Morgan fingerprint density at radius 1 is 1.47 bits per heavy atom. The van der Waals surface area contributed by atoms with Crippen LogP contribution >= 0.6 is 27.5 Å². The average Bonchev–Trinajstić information content (AvgIpc) is 2.57. The number of pyridine rings is 1. The molecule has 1 N–H and O–H groups in total. The van der Waals surface area contributed by atoms with Crippen molar-refractivity contribution in [2.45, 2.75) is 31.7 Å². The molecule has 1 saturated heterocycles. The van der Waals surface area contributed by atoms with E-state index in [1.165, 1.54) is 24.8 Å². The number of hydrogen-bond donors (Lipinski definition) is 1. The molecule has 1 aromatic rings. The fourth-order valence-corrected chi connectivity index (χ4v) is 2.81. The highest BCUT2D eigenvalue weighted by Crippen LogP contribution is 2.31. The maximum absolute atomic E-state index is 5.93. The summed E-state index contributed by atoms with van der Waals surface area (Å²) in [5.41, 5.74) is 4.50. The molecule has 2 heterocycles. The molecule has 3 nitrogen and oxygen atoms in total. The molecule has 2 rings (SSSR count). The molecule has 0 aromatic carbocycles. The molecule has 1 aliphatic heterocycles. The number of rotatable bonds is 2. The van der Waals surface area contributed by atoms with Crippen molar-refractivity contribution in [3.05, 3.63) is 27.5 Å². The number of hydrogen-bond acceptors (Lipinski definition) is 3. The van der Waals surface area contributed by atoms with Crippen LogP contribution in [0.4, 0.5) is 0 Å². The zero-order valence-corrected chi connectivity index (χ0v) is 12.3. The number of halogens is 2. The molecule has 0 unspecified atom stereocenters. The topological polar surface area (TPSA) is 28.2 Å². The Kier molecular flexibility index (Phi) is 4.79.